The maximum absolute atomic E-state index is 8.58. The Morgan fingerprint density at radius 1 is 1.31 bits per heavy atom. The van der Waals surface area contributed by atoms with Gasteiger partial charge in [-0.15, -0.1) is 0 Å². The maximum Gasteiger partial charge on any atom is 0.126 e. The van der Waals surface area contributed by atoms with Crippen LogP contribution in [0.2, 0.25) is 0 Å². The van der Waals surface area contributed by atoms with Crippen molar-refractivity contribution >= 4 is 17.2 Å². The molecule has 0 unspecified atom stereocenters. The number of methoxy groups -OCH3 is 1. The predicted octanol–water partition coefficient (Wildman–Crippen LogP) is 1.93. The van der Waals surface area contributed by atoms with Crippen LogP contribution >= 0.6 is 0 Å². The van der Waals surface area contributed by atoms with E-state index in [1.165, 1.54) is 0 Å². The van der Waals surface area contributed by atoms with Gasteiger partial charge in [-0.2, -0.15) is 5.10 Å². The number of nitrogens with one attached hydrogen (secondary N) is 2. The molecular formula is C18H21N7O. The van der Waals surface area contributed by atoms with Gasteiger partial charge in [0, 0.05) is 49.8 Å². The minimum Gasteiger partial charge on any atom is -0.397 e. The van der Waals surface area contributed by atoms with E-state index in [2.05, 4.69) is 20.4 Å². The molecule has 4 N–H and O–H groups in total. The topological polar surface area (TPSA) is 115 Å². The van der Waals surface area contributed by atoms with Crippen LogP contribution < -0.4 is 11.1 Å². The summed E-state index contributed by atoms with van der Waals surface area (Å²) in [5.74, 6) is 0.685. The van der Waals surface area contributed by atoms with Gasteiger partial charge in [-0.3, -0.25) is 15.1 Å². The van der Waals surface area contributed by atoms with Gasteiger partial charge in [0.05, 0.1) is 36.1 Å². The highest BCUT2D eigenvalue weighted by atomic mass is 16.5. The SMILES string of the molecule is COCCNc1cc(C(=N)c2cc(-c3cnn(C)c3)ncc2N)ccn1. The minimum atomic E-state index is 0.312. The monoisotopic (exact) mass is 351 g/mol. The molecule has 0 aliphatic carbocycles. The number of aryl methyl sites for hydroxylation is 1. The first-order valence-corrected chi connectivity index (χ1v) is 8.11. The molecule has 0 radical (unpaired) electrons. The van der Waals surface area contributed by atoms with Crippen molar-refractivity contribution in [2.75, 3.05) is 31.3 Å². The van der Waals surface area contributed by atoms with Gasteiger partial charge in [0.15, 0.2) is 0 Å². The Bertz CT molecular complexity index is 919. The van der Waals surface area contributed by atoms with E-state index in [9.17, 15) is 0 Å². The van der Waals surface area contributed by atoms with Crippen LogP contribution in [0.15, 0.2) is 43.0 Å². The molecule has 0 bridgehead atoms. The molecule has 0 atom stereocenters. The number of pyridine rings is 2. The number of anilines is 2. The lowest BCUT2D eigenvalue weighted by Gasteiger charge is -2.11. The predicted molar refractivity (Wildman–Crippen MR) is 101 cm³/mol. The molecule has 26 heavy (non-hydrogen) atoms. The summed E-state index contributed by atoms with van der Waals surface area (Å²) in [6.07, 6.45) is 6.84. The fourth-order valence-electron chi connectivity index (χ4n) is 2.51. The summed E-state index contributed by atoms with van der Waals surface area (Å²) in [4.78, 5) is 8.61. The molecule has 3 heterocycles. The summed E-state index contributed by atoms with van der Waals surface area (Å²) < 4.78 is 6.73. The molecule has 134 valence electrons. The van der Waals surface area contributed by atoms with Crippen LogP contribution in [0.3, 0.4) is 0 Å². The van der Waals surface area contributed by atoms with Crippen LogP contribution in [0.4, 0.5) is 11.5 Å². The number of nitrogens with zero attached hydrogens (tertiary/aromatic N) is 4. The summed E-state index contributed by atoms with van der Waals surface area (Å²) in [5, 5.41) is 15.9. The second-order valence-electron chi connectivity index (χ2n) is 5.78. The molecule has 3 aromatic heterocycles. The Balaban J connectivity index is 1.88. The number of ether oxygens (including phenoxy) is 1. The molecule has 3 rings (SSSR count). The second kappa shape index (κ2) is 7.75. The van der Waals surface area contributed by atoms with Gasteiger partial charge in [-0.1, -0.05) is 0 Å². The van der Waals surface area contributed by atoms with E-state index in [1.54, 1.807) is 36.4 Å². The first-order valence-electron chi connectivity index (χ1n) is 8.11. The summed E-state index contributed by atoms with van der Waals surface area (Å²) in [6.45, 7) is 1.22. The van der Waals surface area contributed by atoms with Crippen molar-refractivity contribution in [2.24, 2.45) is 7.05 Å². The van der Waals surface area contributed by atoms with Crippen LogP contribution in [-0.4, -0.2) is 45.7 Å². The molecule has 0 amide bonds. The van der Waals surface area contributed by atoms with E-state index in [4.69, 9.17) is 15.9 Å². The van der Waals surface area contributed by atoms with E-state index in [1.807, 2.05) is 25.4 Å². The molecule has 8 nitrogen and oxygen atoms in total. The van der Waals surface area contributed by atoms with Gasteiger partial charge in [0.2, 0.25) is 0 Å². The van der Waals surface area contributed by atoms with Crippen molar-refractivity contribution in [1.29, 1.82) is 5.41 Å². The number of hydrogen-bond donors (Lipinski definition) is 3. The lowest BCUT2D eigenvalue weighted by atomic mass is 10.0. The van der Waals surface area contributed by atoms with Gasteiger partial charge < -0.3 is 15.8 Å². The van der Waals surface area contributed by atoms with Crippen LogP contribution in [-0.2, 0) is 11.8 Å². The molecule has 0 saturated heterocycles. The molecule has 0 fully saturated rings. The van der Waals surface area contributed by atoms with Gasteiger partial charge in [0.25, 0.3) is 0 Å². The van der Waals surface area contributed by atoms with E-state index in [-0.39, 0.29) is 0 Å². The third-order valence-corrected chi connectivity index (χ3v) is 3.87. The third kappa shape index (κ3) is 3.86. The van der Waals surface area contributed by atoms with E-state index < -0.39 is 0 Å². The highest BCUT2D eigenvalue weighted by Gasteiger charge is 2.13. The molecule has 0 saturated carbocycles. The van der Waals surface area contributed by atoms with Crippen molar-refractivity contribution in [3.05, 3.63) is 54.1 Å². The second-order valence-corrected chi connectivity index (χ2v) is 5.78. The van der Waals surface area contributed by atoms with Crippen LogP contribution in [0, 0.1) is 5.41 Å². The largest absolute Gasteiger partial charge is 0.397 e. The first-order chi connectivity index (χ1) is 12.6. The number of nitrogen functional groups attached to an aromatic ring is 1. The quantitative estimate of drug-likeness (QED) is 0.443. The molecule has 0 aliphatic rings. The summed E-state index contributed by atoms with van der Waals surface area (Å²) in [7, 11) is 3.49. The number of aromatic nitrogens is 4. The highest BCUT2D eigenvalue weighted by molar-refractivity contribution is 6.14. The maximum atomic E-state index is 8.58. The standard InChI is InChI=1S/C18H21N7O/c1-25-11-13(9-24-25)16-8-14(15(19)10-23-16)18(20)12-3-4-21-17(7-12)22-5-6-26-2/h3-4,7-11,20H,5-6,19H2,1-2H3,(H,21,22). The summed E-state index contributed by atoms with van der Waals surface area (Å²) in [5.41, 5.74) is 9.77. The van der Waals surface area contributed by atoms with Gasteiger partial charge in [-0.25, -0.2) is 4.98 Å². The summed E-state index contributed by atoms with van der Waals surface area (Å²) >= 11 is 0. The van der Waals surface area contributed by atoms with E-state index in [0.29, 0.717) is 35.9 Å². The Labute approximate surface area is 151 Å². The number of hydrogen-bond acceptors (Lipinski definition) is 7. The van der Waals surface area contributed by atoms with Gasteiger partial charge >= 0.3 is 0 Å². The Morgan fingerprint density at radius 2 is 2.15 bits per heavy atom. The zero-order valence-corrected chi connectivity index (χ0v) is 14.7. The van der Waals surface area contributed by atoms with Crippen LogP contribution in [0.5, 0.6) is 0 Å². The zero-order valence-electron chi connectivity index (χ0n) is 14.7. The Kier molecular flexibility index (Phi) is 5.23. The smallest absolute Gasteiger partial charge is 0.126 e. The van der Waals surface area contributed by atoms with E-state index >= 15 is 0 Å². The van der Waals surface area contributed by atoms with Gasteiger partial charge in [0.1, 0.15) is 5.82 Å². The van der Waals surface area contributed by atoms with Crippen molar-refractivity contribution < 1.29 is 4.74 Å². The highest BCUT2D eigenvalue weighted by Crippen LogP contribution is 2.23. The molecule has 0 aromatic carbocycles. The van der Waals surface area contributed by atoms with Crippen molar-refractivity contribution in [3.8, 4) is 11.3 Å². The number of rotatable bonds is 7. The van der Waals surface area contributed by atoms with Crippen LogP contribution in [0.1, 0.15) is 11.1 Å². The fraction of sp³-hybridized carbons (Fsp3) is 0.222. The lowest BCUT2D eigenvalue weighted by Crippen LogP contribution is -2.11. The number of nitrogens with two attached hydrogens (primary N) is 1. The van der Waals surface area contributed by atoms with Gasteiger partial charge in [-0.05, 0) is 18.2 Å². The Hall–Kier alpha value is -3.26. The molecule has 0 aliphatic heterocycles. The van der Waals surface area contributed by atoms with Crippen molar-refractivity contribution in [1.82, 2.24) is 19.7 Å². The zero-order chi connectivity index (χ0) is 18.5. The fourth-order valence-corrected chi connectivity index (χ4v) is 2.51. The normalized spacial score (nSPS) is 10.7. The molecule has 0 spiro atoms. The van der Waals surface area contributed by atoms with Crippen molar-refractivity contribution in [3.63, 3.8) is 0 Å². The summed E-state index contributed by atoms with van der Waals surface area (Å²) in [6, 6.07) is 5.42. The van der Waals surface area contributed by atoms with E-state index in [0.717, 1.165) is 16.8 Å². The minimum absolute atomic E-state index is 0.312. The average molecular weight is 351 g/mol. The molecular weight excluding hydrogens is 330 g/mol. The third-order valence-electron chi connectivity index (χ3n) is 3.87. The molecule has 3 aromatic rings. The average Bonchev–Trinajstić information content (AvgIpc) is 3.08. The van der Waals surface area contributed by atoms with Crippen LogP contribution in [0.25, 0.3) is 11.3 Å². The Morgan fingerprint density at radius 3 is 2.88 bits per heavy atom. The first kappa shape index (κ1) is 17.6. The van der Waals surface area contributed by atoms with Crippen molar-refractivity contribution in [2.45, 2.75) is 0 Å². The molecule has 8 heteroatoms. The lowest BCUT2D eigenvalue weighted by molar-refractivity contribution is 0.210.